The van der Waals surface area contributed by atoms with E-state index in [0.717, 1.165) is 6.26 Å². The number of carbonyl (C=O) groups excluding carboxylic acids is 1. The number of aromatic carboxylic acids is 1. The number of sulfone groups is 1. The zero-order valence-electron chi connectivity index (χ0n) is 10.7. The van der Waals surface area contributed by atoms with Gasteiger partial charge in [-0.2, -0.15) is 0 Å². The Morgan fingerprint density at radius 1 is 1.42 bits per heavy atom. The van der Waals surface area contributed by atoms with Crippen LogP contribution in [-0.2, 0) is 21.2 Å². The van der Waals surface area contributed by atoms with E-state index in [2.05, 4.69) is 0 Å². The molecule has 1 amide bonds. The Morgan fingerprint density at radius 3 is 2.58 bits per heavy atom. The SMILES string of the molecule is CN(CCS(C)(=O)=O)C(=O)Cn1cccc1C(=O)O. The topological polar surface area (TPSA) is 96.7 Å². The highest BCUT2D eigenvalue weighted by atomic mass is 32.2. The van der Waals surface area contributed by atoms with Crippen molar-refractivity contribution in [3.8, 4) is 0 Å². The molecule has 0 aliphatic rings. The molecule has 7 nitrogen and oxygen atoms in total. The molecule has 0 saturated heterocycles. The van der Waals surface area contributed by atoms with E-state index in [1.54, 1.807) is 0 Å². The van der Waals surface area contributed by atoms with E-state index in [9.17, 15) is 18.0 Å². The minimum absolute atomic E-state index is 0.0184. The second-order valence-corrected chi connectivity index (χ2v) is 6.53. The van der Waals surface area contributed by atoms with Crippen LogP contribution < -0.4 is 0 Å². The molecular formula is C11H16N2O5S. The summed E-state index contributed by atoms with van der Waals surface area (Å²) in [7, 11) is -1.65. The first-order valence-electron chi connectivity index (χ1n) is 5.51. The summed E-state index contributed by atoms with van der Waals surface area (Å²) in [6.45, 7) is -0.0454. The fourth-order valence-electron chi connectivity index (χ4n) is 1.44. The van der Waals surface area contributed by atoms with Crippen molar-refractivity contribution in [3.05, 3.63) is 24.0 Å². The molecule has 1 N–H and O–H groups in total. The van der Waals surface area contributed by atoms with Crippen molar-refractivity contribution in [2.24, 2.45) is 0 Å². The summed E-state index contributed by atoms with van der Waals surface area (Å²) >= 11 is 0. The first kappa shape index (κ1) is 15.2. The van der Waals surface area contributed by atoms with Crippen LogP contribution in [0.4, 0.5) is 0 Å². The van der Waals surface area contributed by atoms with Gasteiger partial charge in [-0.05, 0) is 12.1 Å². The second kappa shape index (κ2) is 5.87. The molecule has 0 radical (unpaired) electrons. The molecule has 0 atom stereocenters. The molecule has 0 aliphatic heterocycles. The van der Waals surface area contributed by atoms with Gasteiger partial charge in [-0.15, -0.1) is 0 Å². The van der Waals surface area contributed by atoms with E-state index < -0.39 is 15.8 Å². The van der Waals surface area contributed by atoms with Crippen molar-refractivity contribution in [1.29, 1.82) is 0 Å². The zero-order valence-corrected chi connectivity index (χ0v) is 11.6. The molecule has 8 heteroatoms. The average molecular weight is 288 g/mol. The Balaban J connectivity index is 2.64. The normalized spacial score (nSPS) is 11.3. The van der Waals surface area contributed by atoms with Crippen LogP contribution in [0.1, 0.15) is 10.5 Å². The predicted molar refractivity (Wildman–Crippen MR) is 68.7 cm³/mol. The second-order valence-electron chi connectivity index (χ2n) is 4.27. The summed E-state index contributed by atoms with van der Waals surface area (Å²) < 4.78 is 23.3. The largest absolute Gasteiger partial charge is 0.477 e. The molecule has 106 valence electrons. The summed E-state index contributed by atoms with van der Waals surface area (Å²) in [5.41, 5.74) is 0.0184. The number of hydrogen-bond donors (Lipinski definition) is 1. The molecule has 0 spiro atoms. The van der Waals surface area contributed by atoms with Gasteiger partial charge in [-0.3, -0.25) is 4.79 Å². The Hall–Kier alpha value is -1.83. The minimum Gasteiger partial charge on any atom is -0.477 e. The van der Waals surface area contributed by atoms with Gasteiger partial charge in [0.2, 0.25) is 5.91 Å². The van der Waals surface area contributed by atoms with E-state index in [4.69, 9.17) is 5.11 Å². The highest BCUT2D eigenvalue weighted by molar-refractivity contribution is 7.90. The lowest BCUT2D eigenvalue weighted by molar-refractivity contribution is -0.130. The van der Waals surface area contributed by atoms with Crippen LogP contribution in [0.2, 0.25) is 0 Å². The molecule has 0 fully saturated rings. The number of rotatable bonds is 6. The predicted octanol–water partition coefficient (Wildman–Crippen LogP) is -0.311. The molecule has 0 aromatic carbocycles. The number of nitrogens with zero attached hydrogens (tertiary/aromatic N) is 2. The summed E-state index contributed by atoms with van der Waals surface area (Å²) in [5.74, 6) is -1.58. The van der Waals surface area contributed by atoms with Crippen molar-refractivity contribution in [3.63, 3.8) is 0 Å². The molecule has 19 heavy (non-hydrogen) atoms. The third-order valence-electron chi connectivity index (χ3n) is 2.58. The maximum Gasteiger partial charge on any atom is 0.352 e. The van der Waals surface area contributed by atoms with Crippen LogP contribution in [-0.4, -0.2) is 60.5 Å². The van der Waals surface area contributed by atoms with Crippen LogP contribution in [0.3, 0.4) is 0 Å². The number of carboxylic acids is 1. The monoisotopic (exact) mass is 288 g/mol. The van der Waals surface area contributed by atoms with Gasteiger partial charge in [-0.25, -0.2) is 13.2 Å². The van der Waals surface area contributed by atoms with Gasteiger partial charge in [0.05, 0.1) is 5.75 Å². The fraction of sp³-hybridized carbons (Fsp3) is 0.455. The van der Waals surface area contributed by atoms with Crippen molar-refractivity contribution >= 4 is 21.7 Å². The molecule has 0 aliphatic carbocycles. The number of likely N-dealkylation sites (N-methyl/N-ethyl adjacent to an activating group) is 1. The molecule has 1 heterocycles. The molecule has 1 aromatic rings. The van der Waals surface area contributed by atoms with Crippen molar-refractivity contribution < 1.29 is 23.1 Å². The van der Waals surface area contributed by atoms with Crippen molar-refractivity contribution in [2.75, 3.05) is 25.6 Å². The average Bonchev–Trinajstić information content (AvgIpc) is 2.72. The molecule has 1 aromatic heterocycles. The number of aromatic nitrogens is 1. The lowest BCUT2D eigenvalue weighted by Gasteiger charge is -2.17. The molecule has 0 bridgehead atoms. The van der Waals surface area contributed by atoms with Gasteiger partial charge < -0.3 is 14.6 Å². The Labute approximate surface area is 111 Å². The van der Waals surface area contributed by atoms with E-state index in [1.165, 1.54) is 34.8 Å². The lowest BCUT2D eigenvalue weighted by atomic mass is 10.4. The number of carboxylic acid groups (broad SMARTS) is 1. The fourth-order valence-corrected chi connectivity index (χ4v) is 2.05. The van der Waals surface area contributed by atoms with E-state index in [1.807, 2.05) is 0 Å². The maximum atomic E-state index is 11.8. The van der Waals surface area contributed by atoms with Crippen LogP contribution in [0.5, 0.6) is 0 Å². The van der Waals surface area contributed by atoms with Crippen molar-refractivity contribution in [2.45, 2.75) is 6.54 Å². The minimum atomic E-state index is -3.13. The van der Waals surface area contributed by atoms with Gasteiger partial charge in [0.15, 0.2) is 0 Å². The Bertz CT molecular complexity index is 576. The number of hydrogen-bond acceptors (Lipinski definition) is 4. The smallest absolute Gasteiger partial charge is 0.352 e. The zero-order chi connectivity index (χ0) is 14.6. The maximum absolute atomic E-state index is 11.8. The summed E-state index contributed by atoms with van der Waals surface area (Å²) in [4.78, 5) is 24.0. The summed E-state index contributed by atoms with van der Waals surface area (Å²) in [6.07, 6.45) is 2.59. The first-order chi connectivity index (χ1) is 8.70. The van der Waals surface area contributed by atoms with Gasteiger partial charge >= 0.3 is 5.97 Å². The van der Waals surface area contributed by atoms with Crippen LogP contribution in [0.15, 0.2) is 18.3 Å². The van der Waals surface area contributed by atoms with Crippen LogP contribution in [0.25, 0.3) is 0 Å². The van der Waals surface area contributed by atoms with Crippen LogP contribution in [0, 0.1) is 0 Å². The number of amides is 1. The Kier molecular flexibility index (Phi) is 4.71. The van der Waals surface area contributed by atoms with Gasteiger partial charge in [0, 0.05) is 26.0 Å². The standard InChI is InChI=1S/C11H16N2O5S/c1-12(6-7-19(2,17)18)10(14)8-13-5-3-4-9(13)11(15)16/h3-5H,6-8H2,1-2H3,(H,15,16). The van der Waals surface area contributed by atoms with Gasteiger partial charge in [-0.1, -0.05) is 0 Å². The van der Waals surface area contributed by atoms with E-state index in [-0.39, 0.29) is 30.4 Å². The lowest BCUT2D eigenvalue weighted by Crippen LogP contribution is -2.34. The van der Waals surface area contributed by atoms with Crippen molar-refractivity contribution in [1.82, 2.24) is 9.47 Å². The number of carbonyl (C=O) groups is 2. The van der Waals surface area contributed by atoms with Gasteiger partial charge in [0.1, 0.15) is 22.1 Å². The Morgan fingerprint density at radius 2 is 2.05 bits per heavy atom. The highest BCUT2D eigenvalue weighted by Gasteiger charge is 2.15. The quantitative estimate of drug-likeness (QED) is 0.774. The molecule has 0 unspecified atom stereocenters. The van der Waals surface area contributed by atoms with Gasteiger partial charge in [0.25, 0.3) is 0 Å². The molecular weight excluding hydrogens is 272 g/mol. The third kappa shape index (κ3) is 4.74. The molecule has 0 saturated carbocycles. The third-order valence-corrected chi connectivity index (χ3v) is 3.50. The van der Waals surface area contributed by atoms with Crippen LogP contribution >= 0.6 is 0 Å². The summed E-state index contributed by atoms with van der Waals surface area (Å²) in [6, 6.07) is 2.93. The molecule has 1 rings (SSSR count). The summed E-state index contributed by atoms with van der Waals surface area (Å²) in [5, 5.41) is 8.89. The highest BCUT2D eigenvalue weighted by Crippen LogP contribution is 2.03. The van der Waals surface area contributed by atoms with E-state index >= 15 is 0 Å². The van der Waals surface area contributed by atoms with E-state index in [0.29, 0.717) is 0 Å². The first-order valence-corrected chi connectivity index (χ1v) is 7.57.